The minimum Gasteiger partial charge on any atom is -0.345 e. The summed E-state index contributed by atoms with van der Waals surface area (Å²) in [5, 5.41) is 3.22. The van der Waals surface area contributed by atoms with Crippen molar-refractivity contribution in [1.82, 2.24) is 5.32 Å². The zero-order valence-electron chi connectivity index (χ0n) is 21.9. The van der Waals surface area contributed by atoms with Crippen LogP contribution in [0.15, 0.2) is 107 Å². The molecule has 6 rings (SSSR count). The van der Waals surface area contributed by atoms with Gasteiger partial charge in [0.25, 0.3) is 11.8 Å². The Hall–Kier alpha value is -4.09. The number of carbonyl (C=O) groups is 2. The van der Waals surface area contributed by atoms with Gasteiger partial charge in [0.1, 0.15) is 0 Å². The molecule has 1 atom stereocenters. The summed E-state index contributed by atoms with van der Waals surface area (Å²) >= 11 is 1.50. The molecule has 1 aliphatic carbocycles. The molecule has 0 saturated heterocycles. The Labute approximate surface area is 233 Å². The monoisotopic (exact) mass is 530 g/mol. The van der Waals surface area contributed by atoms with Crippen LogP contribution in [0.25, 0.3) is 6.08 Å². The molecule has 0 fully saturated rings. The SMILES string of the molecule is Cc1cccc(CN2C(=O)/C(=C\c3ccc(C(=O)N[C@H]4CCCc5ccccc54)cc3)Sc3ccccc32)c1. The van der Waals surface area contributed by atoms with Crippen LogP contribution in [0.4, 0.5) is 5.69 Å². The molecule has 194 valence electrons. The highest BCUT2D eigenvalue weighted by atomic mass is 32.2. The Morgan fingerprint density at radius 2 is 1.77 bits per heavy atom. The van der Waals surface area contributed by atoms with Crippen LogP contribution in [0.3, 0.4) is 0 Å². The molecule has 4 aromatic rings. The summed E-state index contributed by atoms with van der Waals surface area (Å²) in [6.45, 7) is 2.58. The summed E-state index contributed by atoms with van der Waals surface area (Å²) in [5.74, 6) is -0.0877. The number of hydrogen-bond acceptors (Lipinski definition) is 3. The second-order valence-corrected chi connectivity index (χ2v) is 11.3. The van der Waals surface area contributed by atoms with E-state index in [0.717, 1.165) is 41.0 Å². The second-order valence-electron chi connectivity index (χ2n) is 10.2. The molecule has 0 unspecified atom stereocenters. The van der Waals surface area contributed by atoms with Crippen molar-refractivity contribution >= 4 is 35.3 Å². The largest absolute Gasteiger partial charge is 0.345 e. The molecule has 5 heteroatoms. The first-order valence-corrected chi connectivity index (χ1v) is 14.2. The molecule has 39 heavy (non-hydrogen) atoms. The maximum Gasteiger partial charge on any atom is 0.265 e. The maximum atomic E-state index is 13.7. The first-order valence-electron chi connectivity index (χ1n) is 13.4. The fourth-order valence-corrected chi connectivity index (χ4v) is 6.50. The first-order chi connectivity index (χ1) is 19.0. The van der Waals surface area contributed by atoms with Crippen molar-refractivity contribution in [3.05, 3.63) is 135 Å². The normalized spacial score (nSPS) is 17.5. The molecule has 1 N–H and O–H groups in total. The van der Waals surface area contributed by atoms with Gasteiger partial charge in [-0.25, -0.2) is 0 Å². The number of nitrogens with zero attached hydrogens (tertiary/aromatic N) is 1. The van der Waals surface area contributed by atoms with E-state index in [9.17, 15) is 9.59 Å². The minimum absolute atomic E-state index is 0.0158. The van der Waals surface area contributed by atoms with Gasteiger partial charge in [-0.1, -0.05) is 90.1 Å². The zero-order chi connectivity index (χ0) is 26.8. The molecule has 2 aliphatic rings. The van der Waals surface area contributed by atoms with E-state index in [1.165, 1.54) is 28.5 Å². The van der Waals surface area contributed by atoms with E-state index in [1.807, 2.05) is 65.6 Å². The Balaban J connectivity index is 1.21. The lowest BCUT2D eigenvalue weighted by Crippen LogP contribution is -2.33. The number of amides is 2. The highest BCUT2D eigenvalue weighted by Crippen LogP contribution is 2.42. The van der Waals surface area contributed by atoms with E-state index < -0.39 is 0 Å². The van der Waals surface area contributed by atoms with Crippen molar-refractivity contribution in [3.63, 3.8) is 0 Å². The van der Waals surface area contributed by atoms with Crippen LogP contribution in [-0.4, -0.2) is 11.8 Å². The summed E-state index contributed by atoms with van der Waals surface area (Å²) in [7, 11) is 0. The molecule has 0 bridgehead atoms. The molecule has 0 saturated carbocycles. The summed E-state index contributed by atoms with van der Waals surface area (Å²) in [6.07, 6.45) is 5.01. The minimum atomic E-state index is -0.0720. The van der Waals surface area contributed by atoms with Crippen molar-refractivity contribution in [3.8, 4) is 0 Å². The predicted octanol–water partition coefficient (Wildman–Crippen LogP) is 7.48. The zero-order valence-corrected chi connectivity index (χ0v) is 22.7. The van der Waals surface area contributed by atoms with Gasteiger partial charge in [-0.15, -0.1) is 0 Å². The van der Waals surface area contributed by atoms with E-state index in [2.05, 4.69) is 54.7 Å². The molecule has 4 nitrogen and oxygen atoms in total. The average Bonchev–Trinajstić information content (AvgIpc) is 2.96. The number of thioether (sulfide) groups is 1. The maximum absolute atomic E-state index is 13.7. The van der Waals surface area contributed by atoms with Gasteiger partial charge < -0.3 is 10.2 Å². The van der Waals surface area contributed by atoms with Crippen LogP contribution in [-0.2, 0) is 17.8 Å². The third-order valence-corrected chi connectivity index (χ3v) is 8.48. The molecule has 1 aliphatic heterocycles. The summed E-state index contributed by atoms with van der Waals surface area (Å²) < 4.78 is 0. The highest BCUT2D eigenvalue weighted by molar-refractivity contribution is 8.04. The number of para-hydroxylation sites is 1. The molecule has 4 aromatic carbocycles. The molecular weight excluding hydrogens is 500 g/mol. The van der Waals surface area contributed by atoms with E-state index >= 15 is 0 Å². The average molecular weight is 531 g/mol. The Kier molecular flexibility index (Phi) is 7.08. The van der Waals surface area contributed by atoms with Crippen LogP contribution in [0.1, 0.15) is 57.1 Å². The van der Waals surface area contributed by atoms with Crippen molar-refractivity contribution in [2.75, 3.05) is 4.90 Å². The number of aryl methyl sites for hydroxylation is 2. The van der Waals surface area contributed by atoms with Gasteiger partial charge in [0, 0.05) is 10.5 Å². The molecule has 1 heterocycles. The lowest BCUT2D eigenvalue weighted by atomic mass is 9.87. The number of hydrogen-bond donors (Lipinski definition) is 1. The molecule has 2 amide bonds. The van der Waals surface area contributed by atoms with Crippen molar-refractivity contribution in [1.29, 1.82) is 0 Å². The van der Waals surface area contributed by atoms with E-state index in [0.29, 0.717) is 17.0 Å². The fraction of sp³-hybridized carbons (Fsp3) is 0.176. The highest BCUT2D eigenvalue weighted by Gasteiger charge is 2.29. The van der Waals surface area contributed by atoms with Gasteiger partial charge in [-0.05, 0) is 78.8 Å². The van der Waals surface area contributed by atoms with Gasteiger partial charge in [-0.3, -0.25) is 9.59 Å². The van der Waals surface area contributed by atoms with Crippen LogP contribution in [0.5, 0.6) is 0 Å². The van der Waals surface area contributed by atoms with Crippen LogP contribution in [0.2, 0.25) is 0 Å². The van der Waals surface area contributed by atoms with Gasteiger partial charge in [-0.2, -0.15) is 0 Å². The third-order valence-electron chi connectivity index (χ3n) is 7.40. The molecule has 0 spiro atoms. The number of benzene rings is 4. The Bertz CT molecular complexity index is 1570. The van der Waals surface area contributed by atoms with Gasteiger partial charge in [0.15, 0.2) is 0 Å². The quantitative estimate of drug-likeness (QED) is 0.272. The summed E-state index contributed by atoms with van der Waals surface area (Å²) in [6, 6.07) is 32.2. The van der Waals surface area contributed by atoms with Gasteiger partial charge in [0.2, 0.25) is 0 Å². The smallest absolute Gasteiger partial charge is 0.265 e. The Morgan fingerprint density at radius 1 is 0.974 bits per heavy atom. The molecule has 0 radical (unpaired) electrons. The lowest BCUT2D eigenvalue weighted by Gasteiger charge is -2.30. The van der Waals surface area contributed by atoms with E-state index in [4.69, 9.17) is 0 Å². The van der Waals surface area contributed by atoms with Crippen molar-refractivity contribution in [2.45, 2.75) is 43.7 Å². The molecular formula is C34H30N2O2S. The van der Waals surface area contributed by atoms with Crippen LogP contribution in [0, 0.1) is 6.92 Å². The third kappa shape index (κ3) is 5.41. The number of rotatable bonds is 5. The van der Waals surface area contributed by atoms with Gasteiger partial charge in [0.05, 0.1) is 23.2 Å². The van der Waals surface area contributed by atoms with Crippen LogP contribution >= 0.6 is 11.8 Å². The first kappa shape index (κ1) is 25.2. The standard InChI is InChI=1S/C34H30N2O2S/c1-23-8-6-9-25(20-23)22-36-30-14-4-5-15-31(30)39-32(34(36)38)21-24-16-18-27(19-17-24)33(37)35-29-13-7-11-26-10-2-3-12-28(26)29/h2-6,8-10,12,14-21,29H,7,11,13,22H2,1H3,(H,35,37)/b32-21+/t29-/m0/s1. The van der Waals surface area contributed by atoms with Crippen molar-refractivity contribution < 1.29 is 9.59 Å². The topological polar surface area (TPSA) is 49.4 Å². The van der Waals surface area contributed by atoms with Gasteiger partial charge >= 0.3 is 0 Å². The number of anilines is 1. The molecule has 0 aromatic heterocycles. The Morgan fingerprint density at radius 3 is 2.62 bits per heavy atom. The van der Waals surface area contributed by atoms with E-state index in [1.54, 1.807) is 0 Å². The second kappa shape index (κ2) is 11.0. The summed E-state index contributed by atoms with van der Waals surface area (Å²) in [5.41, 5.74) is 7.26. The lowest BCUT2D eigenvalue weighted by molar-refractivity contribution is -0.114. The van der Waals surface area contributed by atoms with E-state index in [-0.39, 0.29) is 17.9 Å². The summed E-state index contributed by atoms with van der Waals surface area (Å²) in [4.78, 5) is 30.3. The van der Waals surface area contributed by atoms with Crippen LogP contribution < -0.4 is 10.2 Å². The predicted molar refractivity (Wildman–Crippen MR) is 159 cm³/mol. The van der Waals surface area contributed by atoms with Crippen molar-refractivity contribution in [2.24, 2.45) is 0 Å². The number of fused-ring (bicyclic) bond motifs is 2. The fourth-order valence-electron chi connectivity index (χ4n) is 5.44. The number of carbonyl (C=O) groups excluding carboxylic acids is 2. The number of nitrogens with one attached hydrogen (secondary N) is 1.